The first kappa shape index (κ1) is 18.8. The van der Waals surface area contributed by atoms with Crippen molar-refractivity contribution in [3.05, 3.63) is 53.6 Å². The van der Waals surface area contributed by atoms with Crippen molar-refractivity contribution in [3.8, 4) is 5.69 Å². The van der Waals surface area contributed by atoms with Gasteiger partial charge in [-0.1, -0.05) is 13.8 Å². The molecule has 0 unspecified atom stereocenters. The van der Waals surface area contributed by atoms with Crippen LogP contribution in [0.15, 0.2) is 36.5 Å². The van der Waals surface area contributed by atoms with Gasteiger partial charge in [0, 0.05) is 22.3 Å². The Bertz CT molecular complexity index is 1280. The molecule has 154 valence electrons. The summed E-state index contributed by atoms with van der Waals surface area (Å²) >= 11 is 0. The standard InChI is InChI=1S/C23H23FN4O2/c1-12(2)20-18(14-9-23(3,10-14)22(29)30)19-17(8-13-11-25-27-21(13)26-19)28(20)16-6-4-15(24)5-7-16/h4-8,11-12,14H,9-10H2,1-3H3,(H,29,30)(H,25,26,27)/t14-,23-. The van der Waals surface area contributed by atoms with Gasteiger partial charge in [0.2, 0.25) is 0 Å². The number of nitrogens with zero attached hydrogens (tertiary/aromatic N) is 3. The first-order valence-electron chi connectivity index (χ1n) is 10.2. The van der Waals surface area contributed by atoms with Gasteiger partial charge in [0.05, 0.1) is 22.6 Å². The number of hydrogen-bond donors (Lipinski definition) is 2. The molecule has 0 radical (unpaired) electrons. The molecule has 4 aromatic rings. The fraction of sp³-hybridized carbons (Fsp3) is 0.348. The second-order valence-corrected chi connectivity index (χ2v) is 8.90. The minimum absolute atomic E-state index is 0.112. The van der Waals surface area contributed by atoms with Crippen LogP contribution in [0.2, 0.25) is 0 Å². The van der Waals surface area contributed by atoms with E-state index in [-0.39, 0.29) is 17.7 Å². The van der Waals surface area contributed by atoms with Crippen LogP contribution in [-0.2, 0) is 4.79 Å². The Hall–Kier alpha value is -3.22. The van der Waals surface area contributed by atoms with Crippen molar-refractivity contribution in [1.29, 1.82) is 0 Å². The zero-order chi connectivity index (χ0) is 21.2. The number of aliphatic carboxylic acids is 1. The number of halogens is 1. The number of pyridine rings is 1. The normalized spacial score (nSPS) is 21.4. The molecule has 5 rings (SSSR count). The summed E-state index contributed by atoms with van der Waals surface area (Å²) in [6.45, 7) is 6.06. The van der Waals surface area contributed by atoms with Crippen molar-refractivity contribution in [2.45, 2.75) is 45.4 Å². The molecule has 3 heterocycles. The summed E-state index contributed by atoms with van der Waals surface area (Å²) < 4.78 is 15.8. The highest BCUT2D eigenvalue weighted by atomic mass is 19.1. The predicted octanol–water partition coefficient (Wildman–Crippen LogP) is 5.13. The summed E-state index contributed by atoms with van der Waals surface area (Å²) in [5, 5.41) is 17.5. The topological polar surface area (TPSA) is 83.8 Å². The molecule has 0 amide bonds. The van der Waals surface area contributed by atoms with Gasteiger partial charge >= 0.3 is 5.97 Å². The Labute approximate surface area is 172 Å². The number of benzene rings is 1. The largest absolute Gasteiger partial charge is 0.481 e. The maximum absolute atomic E-state index is 13.6. The van der Waals surface area contributed by atoms with E-state index in [1.807, 2.05) is 0 Å². The maximum atomic E-state index is 13.6. The third-order valence-electron chi connectivity index (χ3n) is 6.37. The van der Waals surface area contributed by atoms with Crippen LogP contribution in [0.1, 0.15) is 56.7 Å². The van der Waals surface area contributed by atoms with Gasteiger partial charge in [0.15, 0.2) is 5.65 Å². The fourth-order valence-electron chi connectivity index (χ4n) is 4.86. The third kappa shape index (κ3) is 2.65. The quantitative estimate of drug-likeness (QED) is 0.492. The van der Waals surface area contributed by atoms with E-state index in [1.54, 1.807) is 25.3 Å². The number of H-pyrrole nitrogens is 1. The van der Waals surface area contributed by atoms with Gasteiger partial charge in [0.1, 0.15) is 5.82 Å². The number of carboxylic acids is 1. The molecule has 1 aromatic carbocycles. The summed E-state index contributed by atoms with van der Waals surface area (Å²) in [5.74, 6) is -0.753. The highest BCUT2D eigenvalue weighted by Crippen LogP contribution is 2.54. The van der Waals surface area contributed by atoms with Gasteiger partial charge in [-0.15, -0.1) is 0 Å². The summed E-state index contributed by atoms with van der Waals surface area (Å²) in [6.07, 6.45) is 2.89. The summed E-state index contributed by atoms with van der Waals surface area (Å²) in [7, 11) is 0. The highest BCUT2D eigenvalue weighted by Gasteiger charge is 2.49. The van der Waals surface area contributed by atoms with E-state index >= 15 is 0 Å². The van der Waals surface area contributed by atoms with Crippen LogP contribution in [0.3, 0.4) is 0 Å². The minimum atomic E-state index is -0.754. The molecule has 1 aliphatic carbocycles. The minimum Gasteiger partial charge on any atom is -0.481 e. The number of nitrogens with one attached hydrogen (secondary N) is 1. The number of carbonyl (C=O) groups is 1. The first-order valence-corrected chi connectivity index (χ1v) is 10.2. The van der Waals surface area contributed by atoms with E-state index in [9.17, 15) is 14.3 Å². The maximum Gasteiger partial charge on any atom is 0.309 e. The van der Waals surface area contributed by atoms with Crippen molar-refractivity contribution in [2.24, 2.45) is 5.41 Å². The second-order valence-electron chi connectivity index (χ2n) is 8.90. The second kappa shape index (κ2) is 6.39. The number of carboxylic acid groups (broad SMARTS) is 1. The van der Waals surface area contributed by atoms with Crippen LogP contribution in [0, 0.1) is 11.2 Å². The van der Waals surface area contributed by atoms with Crippen LogP contribution in [0.5, 0.6) is 0 Å². The molecule has 30 heavy (non-hydrogen) atoms. The number of fused-ring (bicyclic) bond motifs is 2. The molecular weight excluding hydrogens is 383 g/mol. The van der Waals surface area contributed by atoms with E-state index in [0.717, 1.165) is 33.4 Å². The van der Waals surface area contributed by atoms with Gasteiger partial charge in [0.25, 0.3) is 0 Å². The van der Waals surface area contributed by atoms with Gasteiger partial charge < -0.3 is 9.67 Å². The molecule has 0 spiro atoms. The van der Waals surface area contributed by atoms with E-state index in [1.165, 1.54) is 12.1 Å². The average Bonchev–Trinajstić information content (AvgIpc) is 3.26. The summed E-state index contributed by atoms with van der Waals surface area (Å²) in [5.41, 5.74) is 4.84. The van der Waals surface area contributed by atoms with Crippen molar-refractivity contribution in [1.82, 2.24) is 19.7 Å². The van der Waals surface area contributed by atoms with E-state index in [0.29, 0.717) is 18.5 Å². The zero-order valence-corrected chi connectivity index (χ0v) is 17.1. The van der Waals surface area contributed by atoms with E-state index in [4.69, 9.17) is 4.98 Å². The lowest BCUT2D eigenvalue weighted by molar-refractivity contribution is -0.154. The van der Waals surface area contributed by atoms with Crippen molar-refractivity contribution in [2.75, 3.05) is 0 Å². The van der Waals surface area contributed by atoms with E-state index < -0.39 is 11.4 Å². The molecule has 2 N–H and O–H groups in total. The van der Waals surface area contributed by atoms with Crippen molar-refractivity contribution in [3.63, 3.8) is 0 Å². The Balaban J connectivity index is 1.81. The Morgan fingerprint density at radius 3 is 2.63 bits per heavy atom. The van der Waals surface area contributed by atoms with Crippen molar-refractivity contribution >= 4 is 28.0 Å². The highest BCUT2D eigenvalue weighted by molar-refractivity contribution is 5.94. The predicted molar refractivity (Wildman–Crippen MR) is 112 cm³/mol. The molecule has 0 aliphatic heterocycles. The molecule has 1 saturated carbocycles. The molecule has 1 aliphatic rings. The number of rotatable bonds is 4. The fourth-order valence-corrected chi connectivity index (χ4v) is 4.86. The SMILES string of the molecule is CC(C)c1c([C@H]2C[C@](C)(C(=O)O)C2)c2nc3[nH]ncc3cc2n1-c1ccc(F)cc1. The van der Waals surface area contributed by atoms with Crippen LogP contribution in [0.4, 0.5) is 4.39 Å². The molecular formula is C23H23FN4O2. The first-order chi connectivity index (χ1) is 14.3. The monoisotopic (exact) mass is 406 g/mol. The molecule has 3 aromatic heterocycles. The molecule has 6 nitrogen and oxygen atoms in total. The Kier molecular flexibility index (Phi) is 4.00. The Morgan fingerprint density at radius 1 is 1.30 bits per heavy atom. The number of hydrogen-bond acceptors (Lipinski definition) is 3. The summed E-state index contributed by atoms with van der Waals surface area (Å²) in [4.78, 5) is 16.6. The molecule has 1 fully saturated rings. The third-order valence-corrected chi connectivity index (χ3v) is 6.37. The average molecular weight is 406 g/mol. The number of aromatic amines is 1. The smallest absolute Gasteiger partial charge is 0.309 e. The lowest BCUT2D eigenvalue weighted by Crippen LogP contribution is -2.40. The van der Waals surface area contributed by atoms with Crippen LogP contribution in [-0.4, -0.2) is 30.8 Å². The van der Waals surface area contributed by atoms with Crippen molar-refractivity contribution < 1.29 is 14.3 Å². The van der Waals surface area contributed by atoms with E-state index in [2.05, 4.69) is 34.7 Å². The number of aromatic nitrogens is 4. The molecule has 0 saturated heterocycles. The van der Waals surface area contributed by atoms with Gasteiger partial charge in [-0.25, -0.2) is 9.37 Å². The molecule has 0 atom stereocenters. The summed E-state index contributed by atoms with van der Waals surface area (Å²) in [6, 6.07) is 8.51. The lowest BCUT2D eigenvalue weighted by atomic mass is 9.60. The van der Waals surface area contributed by atoms with Crippen LogP contribution in [0.25, 0.3) is 27.8 Å². The molecule has 7 heteroatoms. The Morgan fingerprint density at radius 2 is 2.00 bits per heavy atom. The molecule has 0 bridgehead atoms. The van der Waals surface area contributed by atoms with Crippen LogP contribution >= 0.6 is 0 Å². The van der Waals surface area contributed by atoms with Gasteiger partial charge in [-0.3, -0.25) is 9.89 Å². The van der Waals surface area contributed by atoms with Gasteiger partial charge in [-0.05, 0) is 61.9 Å². The van der Waals surface area contributed by atoms with Crippen LogP contribution < -0.4 is 0 Å². The van der Waals surface area contributed by atoms with Gasteiger partial charge in [-0.2, -0.15) is 5.10 Å². The lowest BCUT2D eigenvalue weighted by Gasteiger charge is -2.42. The zero-order valence-electron chi connectivity index (χ0n) is 17.1.